The Bertz CT molecular complexity index is 466. The topological polar surface area (TPSA) is 88.0 Å². The van der Waals surface area contributed by atoms with Crippen LogP contribution < -0.4 is 5.32 Å². The zero-order valence-electron chi connectivity index (χ0n) is 8.74. The summed E-state index contributed by atoms with van der Waals surface area (Å²) in [6.07, 6.45) is 1.84. The van der Waals surface area contributed by atoms with Gasteiger partial charge in [-0.2, -0.15) is 0 Å². The van der Waals surface area contributed by atoms with Gasteiger partial charge in [0.25, 0.3) is 12.3 Å². The van der Waals surface area contributed by atoms with Crippen LogP contribution in [-0.4, -0.2) is 18.7 Å². The summed E-state index contributed by atoms with van der Waals surface area (Å²) < 4.78 is 0. The Morgan fingerprint density at radius 1 is 1.18 bits per heavy atom. The molecule has 0 saturated carbocycles. The molecule has 6 heteroatoms. The normalized spacial score (nSPS) is 11.2. The summed E-state index contributed by atoms with van der Waals surface area (Å²) in [5.41, 5.74) is 0.573. The lowest BCUT2D eigenvalue weighted by Gasteiger charge is -1.98. The largest absolute Gasteiger partial charge is 0.294 e. The molecule has 86 valence electrons. The summed E-state index contributed by atoms with van der Waals surface area (Å²) >= 11 is 0. The Kier molecular flexibility index (Phi) is 4.96. The quantitative estimate of drug-likeness (QED) is 0.464. The molecule has 0 heterocycles. The fourth-order valence-electron chi connectivity index (χ4n) is 1.06. The highest BCUT2D eigenvalue weighted by atomic mass is 16.2. The Morgan fingerprint density at radius 2 is 1.88 bits per heavy atom. The zero-order chi connectivity index (χ0) is 12.5. The van der Waals surface area contributed by atoms with Gasteiger partial charge in [0, 0.05) is 0 Å². The fraction of sp³-hybridized carbons (Fsp3) is 0. The monoisotopic (exact) mass is 231 g/mol. The van der Waals surface area contributed by atoms with Gasteiger partial charge in [-0.25, -0.2) is 0 Å². The van der Waals surface area contributed by atoms with Gasteiger partial charge in [-0.05, 0) is 11.6 Å². The van der Waals surface area contributed by atoms with Crippen LogP contribution in [0.3, 0.4) is 0 Å². The fourth-order valence-corrected chi connectivity index (χ4v) is 1.06. The molecule has 0 unspecified atom stereocenters. The Balaban J connectivity index is 3.01. The van der Waals surface area contributed by atoms with Crippen LogP contribution in [0.25, 0.3) is 6.08 Å². The smallest absolute Gasteiger partial charge is 0.278 e. The summed E-state index contributed by atoms with van der Waals surface area (Å²) in [6.45, 7) is 0. The number of rotatable bonds is 5. The van der Waals surface area contributed by atoms with Gasteiger partial charge in [0.1, 0.15) is 0 Å². The highest BCUT2D eigenvalue weighted by Crippen LogP contribution is 2.08. The van der Waals surface area contributed by atoms with E-state index >= 15 is 0 Å². The predicted octanol–water partition coefficient (Wildman–Crippen LogP) is 0.909. The van der Waals surface area contributed by atoms with Crippen LogP contribution in [0.2, 0.25) is 0 Å². The number of benzene rings is 1. The van der Waals surface area contributed by atoms with E-state index in [-0.39, 0.29) is 18.5 Å². The second-order valence-electron chi connectivity index (χ2n) is 2.85. The molecule has 0 aromatic heterocycles. The molecule has 3 amide bonds. The summed E-state index contributed by atoms with van der Waals surface area (Å²) in [7, 11) is 0. The van der Waals surface area contributed by atoms with E-state index in [2.05, 4.69) is 10.2 Å². The zero-order valence-corrected chi connectivity index (χ0v) is 8.74. The summed E-state index contributed by atoms with van der Waals surface area (Å²) in [5, 5.41) is 8.39. The van der Waals surface area contributed by atoms with Gasteiger partial charge in [0.05, 0.1) is 0 Å². The number of carbonyl (C=O) groups is 3. The Morgan fingerprint density at radius 3 is 2.47 bits per heavy atom. The van der Waals surface area contributed by atoms with E-state index in [9.17, 15) is 14.4 Å². The molecule has 17 heavy (non-hydrogen) atoms. The van der Waals surface area contributed by atoms with Crippen LogP contribution >= 0.6 is 0 Å². The lowest BCUT2D eigenvalue weighted by molar-refractivity contribution is -0.122. The third kappa shape index (κ3) is 4.17. The molecule has 0 spiro atoms. The summed E-state index contributed by atoms with van der Waals surface area (Å²) in [4.78, 5) is 31.6. The molecule has 0 saturated heterocycles. The molecule has 0 fully saturated rings. The van der Waals surface area contributed by atoms with Crippen molar-refractivity contribution in [3.63, 3.8) is 0 Å². The molecule has 0 aliphatic carbocycles. The van der Waals surface area contributed by atoms with Crippen molar-refractivity contribution in [3.8, 4) is 0 Å². The molecule has 1 aromatic rings. The minimum atomic E-state index is -0.727. The van der Waals surface area contributed by atoms with Crippen molar-refractivity contribution in [1.82, 2.24) is 5.32 Å². The summed E-state index contributed by atoms with van der Waals surface area (Å²) in [6, 6.07) is 8.85. The maximum atomic E-state index is 11.4. The van der Waals surface area contributed by atoms with Gasteiger partial charge in [-0.1, -0.05) is 30.3 Å². The Labute approximate surface area is 97.0 Å². The number of hydrogen-bond donors (Lipinski definition) is 1. The first-order chi connectivity index (χ1) is 8.27. The minimum absolute atomic E-state index is 0.129. The van der Waals surface area contributed by atoms with E-state index in [4.69, 9.17) is 0 Å². The van der Waals surface area contributed by atoms with Crippen LogP contribution in [0.4, 0.5) is 0 Å². The predicted molar refractivity (Wildman–Crippen MR) is 59.5 cm³/mol. The minimum Gasteiger partial charge on any atom is -0.294 e. The molecule has 1 aromatic carbocycles. The second kappa shape index (κ2) is 6.78. The maximum absolute atomic E-state index is 11.4. The highest BCUT2D eigenvalue weighted by molar-refractivity contribution is 6.02. The van der Waals surface area contributed by atoms with E-state index < -0.39 is 5.91 Å². The van der Waals surface area contributed by atoms with Crippen molar-refractivity contribution in [1.29, 1.82) is 0 Å². The molecule has 0 atom stereocenters. The number of imide groups is 1. The molecular weight excluding hydrogens is 222 g/mol. The van der Waals surface area contributed by atoms with Gasteiger partial charge < -0.3 is 0 Å². The van der Waals surface area contributed by atoms with E-state index in [1.165, 1.54) is 6.08 Å². The van der Waals surface area contributed by atoms with E-state index in [0.29, 0.717) is 5.56 Å². The summed E-state index contributed by atoms with van der Waals surface area (Å²) in [5.74, 6) is -0.727. The van der Waals surface area contributed by atoms with Crippen molar-refractivity contribution >= 4 is 24.8 Å². The van der Waals surface area contributed by atoms with Crippen LogP contribution in [0.5, 0.6) is 0 Å². The first kappa shape index (κ1) is 12.4. The van der Waals surface area contributed by atoms with E-state index in [1.54, 1.807) is 24.3 Å². The number of nitrogens with zero attached hydrogens (tertiary/aromatic N) is 2. The van der Waals surface area contributed by atoms with Crippen molar-refractivity contribution in [2.75, 3.05) is 0 Å². The number of nitrogens with one attached hydrogen (secondary N) is 1. The van der Waals surface area contributed by atoms with Crippen molar-refractivity contribution in [3.05, 3.63) is 41.6 Å². The van der Waals surface area contributed by atoms with E-state index in [1.807, 2.05) is 11.4 Å². The molecule has 1 rings (SSSR count). The molecule has 0 bridgehead atoms. The van der Waals surface area contributed by atoms with Crippen molar-refractivity contribution in [2.24, 2.45) is 10.2 Å². The lowest BCUT2D eigenvalue weighted by Crippen LogP contribution is -2.22. The lowest BCUT2D eigenvalue weighted by atomic mass is 10.2. The average molecular weight is 231 g/mol. The van der Waals surface area contributed by atoms with Crippen molar-refractivity contribution < 1.29 is 14.4 Å². The number of azo groups is 1. The van der Waals surface area contributed by atoms with E-state index in [0.717, 1.165) is 0 Å². The van der Waals surface area contributed by atoms with Crippen LogP contribution in [-0.2, 0) is 14.4 Å². The average Bonchev–Trinajstić information content (AvgIpc) is 2.36. The third-order valence-corrected chi connectivity index (χ3v) is 1.74. The Hall–Kier alpha value is -2.63. The van der Waals surface area contributed by atoms with Gasteiger partial charge in [-0.3, -0.25) is 19.7 Å². The molecule has 0 aliphatic heterocycles. The molecular formula is C11H9N3O3. The van der Waals surface area contributed by atoms with Gasteiger partial charge >= 0.3 is 0 Å². The maximum Gasteiger partial charge on any atom is 0.278 e. The highest BCUT2D eigenvalue weighted by Gasteiger charge is 2.07. The van der Waals surface area contributed by atoms with Crippen molar-refractivity contribution in [2.45, 2.75) is 0 Å². The number of carbonyl (C=O) groups excluding carboxylic acids is 3. The number of hydrogen-bond acceptors (Lipinski definition) is 4. The van der Waals surface area contributed by atoms with Gasteiger partial charge in [-0.15, -0.1) is 10.2 Å². The van der Waals surface area contributed by atoms with Gasteiger partial charge in [0.15, 0.2) is 5.70 Å². The molecule has 1 N–H and O–H groups in total. The first-order valence-corrected chi connectivity index (χ1v) is 4.63. The molecule has 0 radical (unpaired) electrons. The first-order valence-electron chi connectivity index (χ1n) is 4.63. The van der Waals surface area contributed by atoms with Gasteiger partial charge in [0.2, 0.25) is 6.41 Å². The van der Waals surface area contributed by atoms with Crippen LogP contribution in [0, 0.1) is 0 Å². The standard InChI is InChI=1S/C11H9N3O3/c15-7-12-11(17)10(14-13-8-16)6-9-4-2-1-3-5-9/h1-8H,(H,12,15,17). The molecule has 6 nitrogen and oxygen atoms in total. The van der Waals surface area contributed by atoms with Crippen LogP contribution in [0.1, 0.15) is 5.56 Å². The molecule has 0 aliphatic rings. The number of amides is 3. The SMILES string of the molecule is O=CN=NC(=Cc1ccccc1)C(=O)NC=O. The van der Waals surface area contributed by atoms with Crippen LogP contribution in [0.15, 0.2) is 46.3 Å². The second-order valence-corrected chi connectivity index (χ2v) is 2.85. The third-order valence-electron chi connectivity index (χ3n) is 1.74.